The summed E-state index contributed by atoms with van der Waals surface area (Å²) in [7, 11) is 0. The third-order valence-electron chi connectivity index (χ3n) is 5.63. The number of rotatable bonds is 4. The number of fused-ring (bicyclic) bond motifs is 1. The van der Waals surface area contributed by atoms with Crippen molar-refractivity contribution in [3.63, 3.8) is 0 Å². The van der Waals surface area contributed by atoms with Gasteiger partial charge in [-0.2, -0.15) is 0 Å². The highest BCUT2D eigenvalue weighted by atomic mass is 16.1. The van der Waals surface area contributed by atoms with Gasteiger partial charge < -0.3 is 4.57 Å². The van der Waals surface area contributed by atoms with E-state index in [0.29, 0.717) is 23.8 Å². The molecule has 1 fully saturated rings. The molecular formula is C21H22N6O. The van der Waals surface area contributed by atoms with E-state index in [1.54, 1.807) is 29.5 Å². The standard InChI is InChI=1S/C21H22N6O/c28-21-26(14-16-4-2-1-3-5-16)19-20(24-11-10-23-19)27(21)18-8-6-17(7-9-18)25-13-12-22-15-25/h6-13,15-16H,1-5,14H2. The maximum Gasteiger partial charge on any atom is 0.336 e. The van der Waals surface area contributed by atoms with E-state index in [1.807, 2.05) is 39.6 Å². The van der Waals surface area contributed by atoms with Gasteiger partial charge in [-0.25, -0.2) is 24.3 Å². The Morgan fingerprint density at radius 1 is 0.893 bits per heavy atom. The van der Waals surface area contributed by atoms with Crippen molar-refractivity contribution in [1.82, 2.24) is 28.7 Å². The summed E-state index contributed by atoms with van der Waals surface area (Å²) in [6.45, 7) is 0.716. The lowest BCUT2D eigenvalue weighted by Crippen LogP contribution is -2.27. The molecule has 0 radical (unpaired) electrons. The number of aromatic nitrogens is 6. The van der Waals surface area contributed by atoms with E-state index >= 15 is 0 Å². The zero-order valence-electron chi connectivity index (χ0n) is 15.6. The minimum atomic E-state index is -0.0674. The molecule has 28 heavy (non-hydrogen) atoms. The van der Waals surface area contributed by atoms with Gasteiger partial charge in [0.25, 0.3) is 0 Å². The van der Waals surface area contributed by atoms with Crippen molar-refractivity contribution in [2.45, 2.75) is 38.6 Å². The lowest BCUT2D eigenvalue weighted by atomic mass is 9.89. The van der Waals surface area contributed by atoms with E-state index in [4.69, 9.17) is 0 Å². The molecular weight excluding hydrogens is 352 g/mol. The van der Waals surface area contributed by atoms with Crippen LogP contribution in [0.3, 0.4) is 0 Å². The fraction of sp³-hybridized carbons (Fsp3) is 0.333. The van der Waals surface area contributed by atoms with E-state index in [9.17, 15) is 4.79 Å². The maximum atomic E-state index is 13.3. The van der Waals surface area contributed by atoms with Crippen molar-refractivity contribution in [2.75, 3.05) is 0 Å². The first-order valence-corrected chi connectivity index (χ1v) is 9.82. The molecule has 7 heteroatoms. The summed E-state index contributed by atoms with van der Waals surface area (Å²) >= 11 is 0. The Balaban J connectivity index is 1.57. The molecule has 1 aliphatic rings. The minimum absolute atomic E-state index is 0.0674. The zero-order chi connectivity index (χ0) is 18.9. The Bertz CT molecular complexity index is 1130. The molecule has 0 aliphatic heterocycles. The quantitative estimate of drug-likeness (QED) is 0.549. The van der Waals surface area contributed by atoms with E-state index in [0.717, 1.165) is 11.4 Å². The van der Waals surface area contributed by atoms with Gasteiger partial charge in [-0.1, -0.05) is 19.3 Å². The first-order chi connectivity index (χ1) is 13.8. The fourth-order valence-electron chi connectivity index (χ4n) is 4.18. The molecule has 3 heterocycles. The SMILES string of the molecule is O=c1n(CC2CCCCC2)c2nccnc2n1-c1ccc(-n2ccnc2)cc1. The molecule has 1 aliphatic carbocycles. The van der Waals surface area contributed by atoms with Gasteiger partial charge in [-0.05, 0) is 43.0 Å². The molecule has 1 aromatic carbocycles. The van der Waals surface area contributed by atoms with Crippen LogP contribution >= 0.6 is 0 Å². The first-order valence-electron chi connectivity index (χ1n) is 9.82. The van der Waals surface area contributed by atoms with Crippen LogP contribution in [0.1, 0.15) is 32.1 Å². The third kappa shape index (κ3) is 2.93. The molecule has 0 saturated heterocycles. The second-order valence-electron chi connectivity index (χ2n) is 7.42. The van der Waals surface area contributed by atoms with Crippen LogP contribution in [-0.2, 0) is 6.54 Å². The van der Waals surface area contributed by atoms with Crippen LogP contribution in [-0.4, -0.2) is 28.7 Å². The summed E-state index contributed by atoms with van der Waals surface area (Å²) in [5.74, 6) is 0.538. The second-order valence-corrected chi connectivity index (χ2v) is 7.42. The van der Waals surface area contributed by atoms with Gasteiger partial charge in [0.05, 0.1) is 12.0 Å². The smallest absolute Gasteiger partial charge is 0.306 e. The predicted octanol–water partition coefficient (Wildman–Crippen LogP) is 3.35. The highest BCUT2D eigenvalue weighted by Gasteiger charge is 2.21. The Morgan fingerprint density at radius 3 is 2.32 bits per heavy atom. The van der Waals surface area contributed by atoms with Crippen molar-refractivity contribution in [3.8, 4) is 11.4 Å². The van der Waals surface area contributed by atoms with Crippen molar-refractivity contribution in [2.24, 2.45) is 5.92 Å². The number of hydrogen-bond acceptors (Lipinski definition) is 4. The van der Waals surface area contributed by atoms with Gasteiger partial charge in [0.15, 0.2) is 11.3 Å². The Kier molecular flexibility index (Phi) is 4.27. The van der Waals surface area contributed by atoms with Crippen molar-refractivity contribution < 1.29 is 0 Å². The Morgan fingerprint density at radius 2 is 1.61 bits per heavy atom. The topological polar surface area (TPSA) is 70.5 Å². The van der Waals surface area contributed by atoms with Crippen LogP contribution in [0, 0.1) is 5.92 Å². The molecule has 0 spiro atoms. The fourth-order valence-corrected chi connectivity index (χ4v) is 4.18. The van der Waals surface area contributed by atoms with Gasteiger partial charge in [-0.15, -0.1) is 0 Å². The molecule has 4 aromatic rings. The lowest BCUT2D eigenvalue weighted by molar-refractivity contribution is 0.318. The summed E-state index contributed by atoms with van der Waals surface area (Å²) in [5.41, 5.74) is 2.99. The van der Waals surface area contributed by atoms with Crippen LogP contribution in [0.25, 0.3) is 22.7 Å². The third-order valence-corrected chi connectivity index (χ3v) is 5.63. The van der Waals surface area contributed by atoms with Gasteiger partial charge in [0, 0.05) is 37.0 Å². The summed E-state index contributed by atoms with van der Waals surface area (Å²) < 4.78 is 5.41. The number of hydrogen-bond donors (Lipinski definition) is 0. The molecule has 142 valence electrons. The number of benzene rings is 1. The van der Waals surface area contributed by atoms with Crippen molar-refractivity contribution in [3.05, 3.63) is 65.9 Å². The van der Waals surface area contributed by atoms with Gasteiger partial charge in [0.2, 0.25) is 0 Å². The number of nitrogens with zero attached hydrogens (tertiary/aromatic N) is 6. The monoisotopic (exact) mass is 374 g/mol. The molecule has 0 N–H and O–H groups in total. The van der Waals surface area contributed by atoms with Crippen molar-refractivity contribution >= 4 is 11.3 Å². The molecule has 0 bridgehead atoms. The van der Waals surface area contributed by atoms with E-state index < -0.39 is 0 Å². The molecule has 0 amide bonds. The van der Waals surface area contributed by atoms with Crippen LogP contribution in [0.5, 0.6) is 0 Å². The molecule has 1 saturated carbocycles. The van der Waals surface area contributed by atoms with E-state index in [-0.39, 0.29) is 5.69 Å². The Hall–Kier alpha value is -3.22. The van der Waals surface area contributed by atoms with Gasteiger partial charge >= 0.3 is 5.69 Å². The van der Waals surface area contributed by atoms with Gasteiger partial charge in [0.1, 0.15) is 0 Å². The zero-order valence-corrected chi connectivity index (χ0v) is 15.6. The average Bonchev–Trinajstić information content (AvgIpc) is 3.37. The molecule has 3 aromatic heterocycles. The molecule has 7 nitrogen and oxygen atoms in total. The van der Waals surface area contributed by atoms with Crippen LogP contribution in [0.4, 0.5) is 0 Å². The average molecular weight is 374 g/mol. The predicted molar refractivity (Wildman–Crippen MR) is 107 cm³/mol. The molecule has 0 atom stereocenters. The van der Waals surface area contributed by atoms with Gasteiger partial charge in [-0.3, -0.25) is 4.57 Å². The lowest BCUT2D eigenvalue weighted by Gasteiger charge is -2.21. The highest BCUT2D eigenvalue weighted by molar-refractivity contribution is 5.69. The first kappa shape index (κ1) is 16.9. The van der Waals surface area contributed by atoms with E-state index in [1.165, 1.54) is 32.1 Å². The summed E-state index contributed by atoms with van der Waals surface area (Å²) in [5, 5.41) is 0. The summed E-state index contributed by atoms with van der Waals surface area (Å²) in [6, 6.07) is 7.83. The summed E-state index contributed by atoms with van der Waals surface area (Å²) in [4.78, 5) is 26.3. The normalized spacial score (nSPS) is 15.3. The van der Waals surface area contributed by atoms with Crippen LogP contribution < -0.4 is 5.69 Å². The summed E-state index contributed by atoms with van der Waals surface area (Å²) in [6.07, 6.45) is 14.8. The Labute approximate surface area is 162 Å². The van der Waals surface area contributed by atoms with Crippen LogP contribution in [0.2, 0.25) is 0 Å². The van der Waals surface area contributed by atoms with E-state index in [2.05, 4.69) is 15.0 Å². The number of imidazole rings is 2. The maximum absolute atomic E-state index is 13.3. The highest BCUT2D eigenvalue weighted by Crippen LogP contribution is 2.26. The molecule has 5 rings (SSSR count). The molecule has 0 unspecified atom stereocenters. The largest absolute Gasteiger partial charge is 0.336 e. The minimum Gasteiger partial charge on any atom is -0.306 e. The van der Waals surface area contributed by atoms with Crippen LogP contribution in [0.15, 0.2) is 60.2 Å². The van der Waals surface area contributed by atoms with Crippen molar-refractivity contribution in [1.29, 1.82) is 0 Å². The second kappa shape index (κ2) is 7.07.